The minimum absolute atomic E-state index is 0.440. The van der Waals surface area contributed by atoms with Crippen molar-refractivity contribution in [2.45, 2.75) is 19.3 Å². The lowest BCUT2D eigenvalue weighted by Crippen LogP contribution is -2.10. The van der Waals surface area contributed by atoms with Crippen LogP contribution >= 0.6 is 0 Å². The van der Waals surface area contributed by atoms with Crippen molar-refractivity contribution in [3.05, 3.63) is 18.7 Å². The molecule has 9 heavy (non-hydrogen) atoms. The molecule has 1 aromatic rings. The molecular formula is C6H12N2Si. The Hall–Kier alpha value is -0.573. The average Bonchev–Trinajstić information content (AvgIpc) is 2.15. The van der Waals surface area contributed by atoms with Gasteiger partial charge in [0.25, 0.3) is 0 Å². The van der Waals surface area contributed by atoms with E-state index in [-0.39, 0.29) is 0 Å². The lowest BCUT2D eigenvalue weighted by molar-refractivity contribution is 0.863. The van der Waals surface area contributed by atoms with Crippen molar-refractivity contribution < 1.29 is 0 Å². The summed E-state index contributed by atoms with van der Waals surface area (Å²) in [6, 6.07) is 0. The third-order valence-corrected chi connectivity index (χ3v) is 2.29. The largest absolute Gasteiger partial charge is 0.341 e. The molecule has 1 heterocycles. The fourth-order valence-corrected chi connectivity index (χ4v) is 1.88. The molecule has 1 rings (SSSR count). The maximum absolute atomic E-state index is 3.96. The molecule has 0 aliphatic rings. The van der Waals surface area contributed by atoms with Gasteiger partial charge in [0.2, 0.25) is 0 Å². The third-order valence-electron chi connectivity index (χ3n) is 1.14. The Bertz CT molecular complexity index is 158. The van der Waals surface area contributed by atoms with Crippen LogP contribution in [0, 0.1) is 0 Å². The van der Waals surface area contributed by atoms with E-state index >= 15 is 0 Å². The summed E-state index contributed by atoms with van der Waals surface area (Å²) in [6.45, 7) is 4.67. The third kappa shape index (κ3) is 2.01. The van der Waals surface area contributed by atoms with Crippen LogP contribution in [0.1, 0.15) is 0 Å². The number of aromatic nitrogens is 2. The van der Waals surface area contributed by atoms with Gasteiger partial charge in [-0.3, -0.25) is 0 Å². The molecule has 0 aliphatic heterocycles. The van der Waals surface area contributed by atoms with Gasteiger partial charge in [-0.25, -0.2) is 4.98 Å². The molecule has 0 aliphatic carbocycles. The zero-order valence-electron chi connectivity index (χ0n) is 5.91. The highest BCUT2D eigenvalue weighted by molar-refractivity contribution is 6.54. The number of hydrogen-bond donors (Lipinski definition) is 0. The van der Waals surface area contributed by atoms with Gasteiger partial charge in [0, 0.05) is 18.6 Å². The van der Waals surface area contributed by atoms with E-state index in [9.17, 15) is 0 Å². The van der Waals surface area contributed by atoms with Crippen LogP contribution in [0.2, 0.25) is 13.1 Å². The first-order chi connectivity index (χ1) is 4.29. The van der Waals surface area contributed by atoms with E-state index in [4.69, 9.17) is 0 Å². The molecule has 0 aromatic carbocycles. The van der Waals surface area contributed by atoms with Gasteiger partial charge in [-0.1, -0.05) is 13.1 Å². The molecule has 0 saturated heterocycles. The second-order valence-corrected chi connectivity index (χ2v) is 5.81. The predicted octanol–water partition coefficient (Wildman–Crippen LogP) is 0.909. The molecule has 0 amide bonds. The smallest absolute Gasteiger partial charge is 0.0942 e. The molecule has 0 saturated carbocycles. The summed E-state index contributed by atoms with van der Waals surface area (Å²) in [6.07, 6.45) is 6.94. The van der Waals surface area contributed by atoms with Crippen molar-refractivity contribution in [2.24, 2.45) is 0 Å². The Kier molecular flexibility index (Phi) is 2.05. The molecule has 0 unspecified atom stereocenters. The Morgan fingerprint density at radius 3 is 2.78 bits per heavy atom. The first-order valence-electron chi connectivity index (χ1n) is 3.25. The van der Waals surface area contributed by atoms with Crippen molar-refractivity contribution >= 4 is 8.80 Å². The summed E-state index contributed by atoms with van der Waals surface area (Å²) in [5.41, 5.74) is 0. The fraction of sp³-hybridized carbons (Fsp3) is 0.500. The standard InChI is InChI=1S/C6H12N2Si/c1-9(2)6-8-4-3-7-5-8/h3-5,9H,6H2,1-2H3. The molecule has 0 radical (unpaired) electrons. The van der Waals surface area contributed by atoms with E-state index in [2.05, 4.69) is 22.6 Å². The molecule has 0 N–H and O–H groups in total. The zero-order valence-corrected chi connectivity index (χ0v) is 7.07. The normalized spacial score (nSPS) is 10.6. The van der Waals surface area contributed by atoms with E-state index in [0.717, 1.165) is 0 Å². The van der Waals surface area contributed by atoms with Crippen molar-refractivity contribution in [2.75, 3.05) is 0 Å². The lowest BCUT2D eigenvalue weighted by Gasteiger charge is -2.01. The van der Waals surface area contributed by atoms with Crippen molar-refractivity contribution in [1.29, 1.82) is 0 Å². The van der Waals surface area contributed by atoms with Gasteiger partial charge in [-0.2, -0.15) is 0 Å². The van der Waals surface area contributed by atoms with Crippen molar-refractivity contribution in [3.63, 3.8) is 0 Å². The summed E-state index contributed by atoms with van der Waals surface area (Å²) in [7, 11) is -0.440. The Labute approximate surface area is 57.1 Å². The van der Waals surface area contributed by atoms with Crippen LogP contribution in [0.4, 0.5) is 0 Å². The van der Waals surface area contributed by atoms with Crippen LogP contribution < -0.4 is 0 Å². The van der Waals surface area contributed by atoms with E-state index in [1.54, 1.807) is 0 Å². The SMILES string of the molecule is C[SiH](C)Cn1ccnc1. The quantitative estimate of drug-likeness (QED) is 0.558. The monoisotopic (exact) mass is 140 g/mol. The van der Waals surface area contributed by atoms with Gasteiger partial charge in [0.05, 0.1) is 15.1 Å². The van der Waals surface area contributed by atoms with Gasteiger partial charge in [-0.05, 0) is 0 Å². The van der Waals surface area contributed by atoms with E-state index in [1.165, 1.54) is 6.17 Å². The van der Waals surface area contributed by atoms with Gasteiger partial charge in [0.15, 0.2) is 0 Å². The Balaban J connectivity index is 2.48. The topological polar surface area (TPSA) is 17.8 Å². The number of imidazole rings is 1. The van der Waals surface area contributed by atoms with Gasteiger partial charge in [0.1, 0.15) is 0 Å². The molecule has 0 spiro atoms. The molecule has 2 nitrogen and oxygen atoms in total. The van der Waals surface area contributed by atoms with Crippen LogP contribution in [0.25, 0.3) is 0 Å². The predicted molar refractivity (Wildman–Crippen MR) is 41.1 cm³/mol. The molecule has 0 bridgehead atoms. The minimum atomic E-state index is -0.440. The summed E-state index contributed by atoms with van der Waals surface area (Å²) < 4.78 is 2.15. The Morgan fingerprint density at radius 1 is 1.56 bits per heavy atom. The summed E-state index contributed by atoms with van der Waals surface area (Å²) in [4.78, 5) is 3.96. The number of nitrogens with zero attached hydrogens (tertiary/aromatic N) is 2. The fourth-order valence-electron chi connectivity index (χ4n) is 0.816. The van der Waals surface area contributed by atoms with Crippen molar-refractivity contribution in [3.8, 4) is 0 Å². The van der Waals surface area contributed by atoms with Gasteiger partial charge < -0.3 is 4.57 Å². The van der Waals surface area contributed by atoms with Crippen LogP contribution in [-0.2, 0) is 6.17 Å². The number of rotatable bonds is 2. The summed E-state index contributed by atoms with van der Waals surface area (Å²) in [5, 5.41) is 0. The summed E-state index contributed by atoms with van der Waals surface area (Å²) >= 11 is 0. The van der Waals surface area contributed by atoms with E-state index < -0.39 is 8.80 Å². The molecule has 0 fully saturated rings. The maximum Gasteiger partial charge on any atom is 0.0942 e. The summed E-state index contributed by atoms with van der Waals surface area (Å²) in [5.74, 6) is 0. The molecule has 1 aromatic heterocycles. The van der Waals surface area contributed by atoms with Crippen LogP contribution in [0.5, 0.6) is 0 Å². The molecule has 50 valence electrons. The average molecular weight is 140 g/mol. The highest BCUT2D eigenvalue weighted by atomic mass is 28.3. The number of hydrogen-bond acceptors (Lipinski definition) is 1. The van der Waals surface area contributed by atoms with Crippen molar-refractivity contribution in [1.82, 2.24) is 9.55 Å². The van der Waals surface area contributed by atoms with Gasteiger partial charge >= 0.3 is 0 Å². The van der Waals surface area contributed by atoms with Crippen LogP contribution in [-0.4, -0.2) is 18.3 Å². The Morgan fingerprint density at radius 2 is 2.33 bits per heavy atom. The molecule has 3 heteroatoms. The molecular weight excluding hydrogens is 128 g/mol. The minimum Gasteiger partial charge on any atom is -0.341 e. The van der Waals surface area contributed by atoms with Crippen LogP contribution in [0.3, 0.4) is 0 Å². The first kappa shape index (κ1) is 6.55. The lowest BCUT2D eigenvalue weighted by atomic mass is 10.9. The van der Waals surface area contributed by atoms with E-state index in [1.807, 2.05) is 18.7 Å². The van der Waals surface area contributed by atoms with Gasteiger partial charge in [-0.15, -0.1) is 0 Å². The van der Waals surface area contributed by atoms with Crippen LogP contribution in [0.15, 0.2) is 18.7 Å². The van der Waals surface area contributed by atoms with E-state index in [0.29, 0.717) is 0 Å². The highest BCUT2D eigenvalue weighted by Gasteiger charge is 1.94. The second kappa shape index (κ2) is 2.82. The second-order valence-electron chi connectivity index (χ2n) is 2.65. The zero-order chi connectivity index (χ0) is 6.69. The first-order valence-corrected chi connectivity index (χ1v) is 6.37. The highest BCUT2D eigenvalue weighted by Crippen LogP contribution is 1.88. The maximum atomic E-state index is 3.96. The molecule has 0 atom stereocenters.